The summed E-state index contributed by atoms with van der Waals surface area (Å²) in [6.07, 6.45) is 4.12. The van der Waals surface area contributed by atoms with E-state index in [1.807, 2.05) is 17.8 Å². The molecule has 0 bridgehead atoms. The number of imidazole rings is 1. The Labute approximate surface area is 104 Å². The van der Waals surface area contributed by atoms with E-state index in [1.165, 1.54) is 12.1 Å². The fourth-order valence-electron chi connectivity index (χ4n) is 1.65. The third-order valence-corrected chi connectivity index (χ3v) is 3.00. The van der Waals surface area contributed by atoms with Crippen LogP contribution < -0.4 is 5.73 Å². The van der Waals surface area contributed by atoms with Crippen molar-refractivity contribution in [2.75, 3.05) is 0 Å². The van der Waals surface area contributed by atoms with Crippen molar-refractivity contribution in [2.24, 2.45) is 12.8 Å². The molecule has 0 aliphatic heterocycles. The average Bonchev–Trinajstić information content (AvgIpc) is 2.68. The average molecular weight is 254 g/mol. The summed E-state index contributed by atoms with van der Waals surface area (Å²) in [5.41, 5.74) is 6.73. The molecule has 0 amide bonds. The van der Waals surface area contributed by atoms with Gasteiger partial charge in [0.05, 0.1) is 5.02 Å². The van der Waals surface area contributed by atoms with Gasteiger partial charge in [0, 0.05) is 31.9 Å². The predicted molar refractivity (Wildman–Crippen MR) is 65.3 cm³/mol. The minimum Gasteiger partial charge on any atom is -0.338 e. The summed E-state index contributed by atoms with van der Waals surface area (Å²) in [5, 5.41) is 0.109. The van der Waals surface area contributed by atoms with Crippen LogP contribution in [0.4, 0.5) is 4.39 Å². The third-order valence-electron chi connectivity index (χ3n) is 2.70. The zero-order valence-corrected chi connectivity index (χ0v) is 10.2. The van der Waals surface area contributed by atoms with Gasteiger partial charge >= 0.3 is 0 Å². The van der Waals surface area contributed by atoms with Crippen LogP contribution in [-0.2, 0) is 13.5 Å². The van der Waals surface area contributed by atoms with Gasteiger partial charge in [-0.1, -0.05) is 17.7 Å². The second-order valence-corrected chi connectivity index (χ2v) is 4.35. The quantitative estimate of drug-likeness (QED) is 0.913. The van der Waals surface area contributed by atoms with Gasteiger partial charge in [-0.2, -0.15) is 0 Å². The summed E-state index contributed by atoms with van der Waals surface area (Å²) in [4.78, 5) is 4.18. The molecular weight excluding hydrogens is 241 g/mol. The van der Waals surface area contributed by atoms with Crippen LogP contribution in [0.25, 0.3) is 0 Å². The molecule has 0 aliphatic rings. The number of rotatable bonds is 3. The zero-order valence-electron chi connectivity index (χ0n) is 9.40. The molecule has 0 fully saturated rings. The first kappa shape index (κ1) is 12.1. The lowest BCUT2D eigenvalue weighted by Gasteiger charge is -2.12. The minimum atomic E-state index is -0.445. The number of benzene rings is 1. The highest BCUT2D eigenvalue weighted by molar-refractivity contribution is 6.30. The van der Waals surface area contributed by atoms with Gasteiger partial charge in [-0.25, -0.2) is 9.37 Å². The van der Waals surface area contributed by atoms with E-state index in [0.717, 1.165) is 11.4 Å². The number of hydrogen-bond acceptors (Lipinski definition) is 2. The van der Waals surface area contributed by atoms with E-state index >= 15 is 0 Å². The van der Waals surface area contributed by atoms with Gasteiger partial charge in [0.15, 0.2) is 0 Å². The van der Waals surface area contributed by atoms with Crippen LogP contribution in [0, 0.1) is 5.82 Å². The first-order chi connectivity index (χ1) is 8.08. The van der Waals surface area contributed by atoms with Gasteiger partial charge in [0.25, 0.3) is 0 Å². The summed E-state index contributed by atoms with van der Waals surface area (Å²) in [5.74, 6) is 0.423. The fourth-order valence-corrected chi connectivity index (χ4v) is 1.77. The highest BCUT2D eigenvalue weighted by atomic mass is 35.5. The van der Waals surface area contributed by atoms with Gasteiger partial charge in [-0.3, -0.25) is 0 Å². The van der Waals surface area contributed by atoms with Crippen LogP contribution in [0.5, 0.6) is 0 Å². The summed E-state index contributed by atoms with van der Waals surface area (Å²) < 4.78 is 15.2. The van der Waals surface area contributed by atoms with Crippen molar-refractivity contribution in [3.8, 4) is 0 Å². The minimum absolute atomic E-state index is 0.109. The Hall–Kier alpha value is -1.39. The highest BCUT2D eigenvalue weighted by Gasteiger charge is 2.11. The summed E-state index contributed by atoms with van der Waals surface area (Å²) >= 11 is 5.62. The number of halogens is 2. The number of aryl methyl sites for hydroxylation is 1. The molecule has 0 spiro atoms. The largest absolute Gasteiger partial charge is 0.338 e. The van der Waals surface area contributed by atoms with Crippen LogP contribution in [0.1, 0.15) is 17.4 Å². The number of aromatic nitrogens is 2. The molecule has 1 heterocycles. The van der Waals surface area contributed by atoms with E-state index in [2.05, 4.69) is 4.98 Å². The van der Waals surface area contributed by atoms with E-state index in [9.17, 15) is 4.39 Å². The molecule has 2 aromatic rings. The number of nitrogens with two attached hydrogens (primary N) is 1. The molecule has 1 unspecified atom stereocenters. The Kier molecular flexibility index (Phi) is 3.45. The SMILES string of the molecule is Cn1ccnc1CC(N)c1ccc(Cl)c(F)c1. The van der Waals surface area contributed by atoms with E-state index < -0.39 is 5.82 Å². The first-order valence-corrected chi connectivity index (χ1v) is 5.62. The molecule has 5 heteroatoms. The Bertz CT molecular complexity index is 524. The van der Waals surface area contributed by atoms with Gasteiger partial charge in [0.1, 0.15) is 11.6 Å². The normalized spacial score (nSPS) is 12.7. The molecule has 0 aliphatic carbocycles. The van der Waals surface area contributed by atoms with Crippen molar-refractivity contribution in [1.29, 1.82) is 0 Å². The molecule has 3 nitrogen and oxygen atoms in total. The first-order valence-electron chi connectivity index (χ1n) is 5.24. The zero-order chi connectivity index (χ0) is 12.4. The van der Waals surface area contributed by atoms with Crippen LogP contribution in [0.15, 0.2) is 30.6 Å². The Morgan fingerprint density at radius 1 is 1.53 bits per heavy atom. The lowest BCUT2D eigenvalue weighted by atomic mass is 10.0. The lowest BCUT2D eigenvalue weighted by molar-refractivity contribution is 0.613. The smallest absolute Gasteiger partial charge is 0.142 e. The second kappa shape index (κ2) is 4.85. The standard InChI is InChI=1S/C12H13ClFN3/c1-17-5-4-16-12(17)7-11(15)8-2-3-9(13)10(14)6-8/h2-6,11H,7,15H2,1H3. The summed E-state index contributed by atoms with van der Waals surface area (Å²) in [6, 6.07) is 4.34. The van der Waals surface area contributed by atoms with Crippen molar-refractivity contribution >= 4 is 11.6 Å². The molecular formula is C12H13ClFN3. The van der Waals surface area contributed by atoms with Crippen molar-refractivity contribution in [2.45, 2.75) is 12.5 Å². The number of hydrogen-bond donors (Lipinski definition) is 1. The maximum Gasteiger partial charge on any atom is 0.142 e. The molecule has 2 rings (SSSR count). The molecule has 90 valence electrons. The second-order valence-electron chi connectivity index (χ2n) is 3.94. The van der Waals surface area contributed by atoms with Crippen LogP contribution in [-0.4, -0.2) is 9.55 Å². The molecule has 0 saturated carbocycles. The molecule has 1 aromatic heterocycles. The van der Waals surface area contributed by atoms with Gasteiger partial charge in [-0.15, -0.1) is 0 Å². The number of nitrogens with zero attached hydrogens (tertiary/aromatic N) is 2. The maximum absolute atomic E-state index is 13.3. The molecule has 2 N–H and O–H groups in total. The van der Waals surface area contributed by atoms with Crippen LogP contribution in [0.2, 0.25) is 5.02 Å². The molecule has 1 aromatic carbocycles. The summed E-state index contributed by atoms with van der Waals surface area (Å²) in [6.45, 7) is 0. The van der Waals surface area contributed by atoms with Crippen LogP contribution >= 0.6 is 11.6 Å². The molecule has 17 heavy (non-hydrogen) atoms. The van der Waals surface area contributed by atoms with Gasteiger partial charge in [0.2, 0.25) is 0 Å². The molecule has 1 atom stereocenters. The fraction of sp³-hybridized carbons (Fsp3) is 0.250. The Balaban J connectivity index is 2.17. The Morgan fingerprint density at radius 2 is 2.29 bits per heavy atom. The van der Waals surface area contributed by atoms with E-state index in [0.29, 0.717) is 6.42 Å². The van der Waals surface area contributed by atoms with Crippen molar-refractivity contribution < 1.29 is 4.39 Å². The lowest BCUT2D eigenvalue weighted by Crippen LogP contribution is -2.16. The van der Waals surface area contributed by atoms with E-state index in [1.54, 1.807) is 12.3 Å². The van der Waals surface area contributed by atoms with Gasteiger partial charge in [-0.05, 0) is 17.7 Å². The Morgan fingerprint density at radius 3 is 2.88 bits per heavy atom. The monoisotopic (exact) mass is 253 g/mol. The van der Waals surface area contributed by atoms with Crippen molar-refractivity contribution in [3.05, 3.63) is 52.8 Å². The van der Waals surface area contributed by atoms with E-state index in [4.69, 9.17) is 17.3 Å². The van der Waals surface area contributed by atoms with E-state index in [-0.39, 0.29) is 11.1 Å². The topological polar surface area (TPSA) is 43.8 Å². The molecule has 0 saturated heterocycles. The van der Waals surface area contributed by atoms with Crippen molar-refractivity contribution in [1.82, 2.24) is 9.55 Å². The highest BCUT2D eigenvalue weighted by Crippen LogP contribution is 2.21. The summed E-state index contributed by atoms with van der Waals surface area (Å²) in [7, 11) is 1.90. The maximum atomic E-state index is 13.3. The van der Waals surface area contributed by atoms with Crippen molar-refractivity contribution in [3.63, 3.8) is 0 Å². The third kappa shape index (κ3) is 2.65. The predicted octanol–water partition coefficient (Wildman–Crippen LogP) is 2.46. The molecule has 0 radical (unpaired) electrons. The van der Waals surface area contributed by atoms with Gasteiger partial charge < -0.3 is 10.3 Å². The van der Waals surface area contributed by atoms with Crippen LogP contribution in [0.3, 0.4) is 0 Å².